The smallest absolute Gasteiger partial charge is 0.242 e. The number of sulfonamides is 1. The Labute approximate surface area is 131 Å². The molecule has 0 bridgehead atoms. The third kappa shape index (κ3) is 3.60. The quantitative estimate of drug-likeness (QED) is 0.868. The van der Waals surface area contributed by atoms with E-state index in [1.165, 1.54) is 6.07 Å². The summed E-state index contributed by atoms with van der Waals surface area (Å²) in [6.07, 6.45) is 2.24. The van der Waals surface area contributed by atoms with Crippen LogP contribution in [0.25, 0.3) is 0 Å². The zero-order valence-electron chi connectivity index (χ0n) is 10.7. The lowest BCUT2D eigenvalue weighted by Gasteiger charge is -2.08. The summed E-state index contributed by atoms with van der Waals surface area (Å²) < 4.78 is 29.3. The lowest BCUT2D eigenvalue weighted by Crippen LogP contribution is -2.26. The number of nitrogens with one attached hydrogen (secondary N) is 1. The Kier molecular flexibility index (Phi) is 4.85. The Hall–Kier alpha value is -0.890. The van der Waals surface area contributed by atoms with Crippen molar-refractivity contribution in [2.75, 3.05) is 6.54 Å². The van der Waals surface area contributed by atoms with Gasteiger partial charge < -0.3 is 0 Å². The first-order chi connectivity index (χ1) is 9.40. The van der Waals surface area contributed by atoms with Crippen molar-refractivity contribution in [1.29, 1.82) is 0 Å². The molecule has 0 unspecified atom stereocenters. The predicted octanol–water partition coefficient (Wildman–Crippen LogP) is 2.36. The summed E-state index contributed by atoms with van der Waals surface area (Å²) in [4.78, 5) is 0.0763. The van der Waals surface area contributed by atoms with Crippen molar-refractivity contribution in [3.8, 4) is 0 Å². The molecule has 8 heteroatoms. The van der Waals surface area contributed by atoms with E-state index in [4.69, 9.17) is 11.6 Å². The molecular formula is C12H13BrClN3O2S. The second-order valence-electron chi connectivity index (χ2n) is 4.17. The fourth-order valence-electron chi connectivity index (χ4n) is 1.73. The van der Waals surface area contributed by atoms with Crippen LogP contribution < -0.4 is 4.72 Å². The van der Waals surface area contributed by atoms with Crippen LogP contribution in [0.3, 0.4) is 0 Å². The van der Waals surface area contributed by atoms with Gasteiger partial charge in [0.25, 0.3) is 0 Å². The van der Waals surface area contributed by atoms with Crippen molar-refractivity contribution >= 4 is 37.6 Å². The number of benzene rings is 1. The fourth-order valence-corrected chi connectivity index (χ4v) is 3.80. The number of aromatic nitrogens is 2. The van der Waals surface area contributed by atoms with Gasteiger partial charge in [-0.2, -0.15) is 5.10 Å². The van der Waals surface area contributed by atoms with Gasteiger partial charge in [-0.1, -0.05) is 27.5 Å². The van der Waals surface area contributed by atoms with E-state index >= 15 is 0 Å². The summed E-state index contributed by atoms with van der Waals surface area (Å²) in [5.41, 5.74) is 0.953. The minimum atomic E-state index is -3.61. The van der Waals surface area contributed by atoms with Crippen molar-refractivity contribution in [3.63, 3.8) is 0 Å². The second kappa shape index (κ2) is 6.26. The Morgan fingerprint density at radius 2 is 2.15 bits per heavy atom. The molecule has 20 heavy (non-hydrogen) atoms. The van der Waals surface area contributed by atoms with Gasteiger partial charge in [0.2, 0.25) is 10.0 Å². The molecule has 108 valence electrons. The fraction of sp³-hybridized carbons (Fsp3) is 0.250. The molecule has 0 aliphatic rings. The van der Waals surface area contributed by atoms with Crippen LogP contribution in [0, 0.1) is 0 Å². The zero-order valence-corrected chi connectivity index (χ0v) is 13.8. The van der Waals surface area contributed by atoms with Crippen LogP contribution in [0.1, 0.15) is 5.69 Å². The average molecular weight is 379 g/mol. The van der Waals surface area contributed by atoms with E-state index in [1.807, 2.05) is 13.1 Å². The van der Waals surface area contributed by atoms with Crippen LogP contribution in [-0.2, 0) is 23.5 Å². The maximum absolute atomic E-state index is 12.1. The molecule has 0 amide bonds. The number of rotatable bonds is 5. The second-order valence-corrected chi connectivity index (χ2v) is 7.23. The van der Waals surface area contributed by atoms with Gasteiger partial charge in [-0.25, -0.2) is 13.1 Å². The Balaban J connectivity index is 2.06. The molecule has 1 N–H and O–H groups in total. The molecule has 0 spiro atoms. The van der Waals surface area contributed by atoms with E-state index < -0.39 is 10.0 Å². The van der Waals surface area contributed by atoms with E-state index in [0.29, 0.717) is 6.42 Å². The molecule has 0 fully saturated rings. The van der Waals surface area contributed by atoms with E-state index in [9.17, 15) is 8.42 Å². The summed E-state index contributed by atoms with van der Waals surface area (Å²) in [5, 5.41) is 4.21. The van der Waals surface area contributed by atoms with Crippen LogP contribution in [0.5, 0.6) is 0 Å². The lowest BCUT2D eigenvalue weighted by molar-refractivity contribution is 0.580. The molecule has 0 radical (unpaired) electrons. The van der Waals surface area contributed by atoms with Crippen molar-refractivity contribution in [3.05, 3.63) is 45.7 Å². The van der Waals surface area contributed by atoms with Gasteiger partial charge in [-0.15, -0.1) is 0 Å². The van der Waals surface area contributed by atoms with Gasteiger partial charge in [-0.05, 0) is 24.3 Å². The van der Waals surface area contributed by atoms with Gasteiger partial charge >= 0.3 is 0 Å². The number of halogens is 2. The van der Waals surface area contributed by atoms with Gasteiger partial charge in [0, 0.05) is 36.4 Å². The van der Waals surface area contributed by atoms with Crippen LogP contribution in [0.4, 0.5) is 0 Å². The van der Waals surface area contributed by atoms with E-state index in [0.717, 1.165) is 10.2 Å². The minimum absolute atomic E-state index is 0.0763. The maximum atomic E-state index is 12.1. The number of hydrogen-bond acceptors (Lipinski definition) is 3. The maximum Gasteiger partial charge on any atom is 0.242 e. The first-order valence-electron chi connectivity index (χ1n) is 5.82. The van der Waals surface area contributed by atoms with Crippen molar-refractivity contribution in [1.82, 2.24) is 14.5 Å². The normalized spacial score (nSPS) is 11.8. The zero-order chi connectivity index (χ0) is 14.8. The molecule has 0 aliphatic carbocycles. The van der Waals surface area contributed by atoms with E-state index in [-0.39, 0.29) is 16.5 Å². The van der Waals surface area contributed by atoms with Crippen LogP contribution in [-0.4, -0.2) is 24.7 Å². The summed E-state index contributed by atoms with van der Waals surface area (Å²) >= 11 is 9.19. The number of nitrogens with zero attached hydrogens (tertiary/aromatic N) is 2. The molecule has 0 aliphatic heterocycles. The molecule has 0 saturated carbocycles. The SMILES string of the molecule is Cn1nccc1CCNS(=O)(=O)c1ccc(Br)cc1Cl. The van der Waals surface area contributed by atoms with Gasteiger partial charge in [0.05, 0.1) is 5.02 Å². The van der Waals surface area contributed by atoms with Crippen LogP contribution in [0.2, 0.25) is 5.02 Å². The standard InChI is InChI=1S/C12H13BrClN3O2S/c1-17-10(4-6-15-17)5-7-16-20(18,19)12-3-2-9(13)8-11(12)14/h2-4,6,8,16H,5,7H2,1H3. The van der Waals surface area contributed by atoms with Gasteiger partial charge in [-0.3, -0.25) is 4.68 Å². The highest BCUT2D eigenvalue weighted by Crippen LogP contribution is 2.24. The summed E-state index contributed by atoms with van der Waals surface area (Å²) in [6, 6.07) is 6.51. The molecule has 5 nitrogen and oxygen atoms in total. The average Bonchev–Trinajstić information content (AvgIpc) is 2.74. The Morgan fingerprint density at radius 1 is 1.40 bits per heavy atom. The largest absolute Gasteiger partial charge is 0.273 e. The Bertz CT molecular complexity index is 715. The van der Waals surface area contributed by atoms with Gasteiger partial charge in [0.15, 0.2) is 0 Å². The highest BCUT2D eigenvalue weighted by atomic mass is 79.9. The molecule has 1 aromatic carbocycles. The Morgan fingerprint density at radius 3 is 2.75 bits per heavy atom. The first kappa shape index (κ1) is 15.5. The third-order valence-corrected chi connectivity index (χ3v) is 5.22. The number of hydrogen-bond donors (Lipinski definition) is 1. The van der Waals surface area contributed by atoms with Crippen molar-refractivity contribution in [2.45, 2.75) is 11.3 Å². The minimum Gasteiger partial charge on any atom is -0.273 e. The topological polar surface area (TPSA) is 64.0 Å². The van der Waals surface area contributed by atoms with Crippen LogP contribution >= 0.6 is 27.5 Å². The third-order valence-electron chi connectivity index (χ3n) is 2.78. The first-order valence-corrected chi connectivity index (χ1v) is 8.47. The van der Waals surface area contributed by atoms with Crippen LogP contribution in [0.15, 0.2) is 39.8 Å². The molecule has 1 aromatic heterocycles. The predicted molar refractivity (Wildman–Crippen MR) is 81.3 cm³/mol. The summed E-state index contributed by atoms with van der Waals surface area (Å²) in [7, 11) is -1.79. The highest BCUT2D eigenvalue weighted by molar-refractivity contribution is 9.10. The molecule has 0 saturated heterocycles. The van der Waals surface area contributed by atoms with Gasteiger partial charge in [0.1, 0.15) is 4.90 Å². The van der Waals surface area contributed by atoms with Crippen molar-refractivity contribution in [2.24, 2.45) is 7.05 Å². The van der Waals surface area contributed by atoms with E-state index in [2.05, 4.69) is 25.8 Å². The molecular weight excluding hydrogens is 366 g/mol. The molecule has 0 atom stereocenters. The summed E-state index contributed by atoms with van der Waals surface area (Å²) in [6.45, 7) is 0.286. The number of aryl methyl sites for hydroxylation is 1. The monoisotopic (exact) mass is 377 g/mol. The lowest BCUT2D eigenvalue weighted by atomic mass is 10.3. The summed E-state index contributed by atoms with van der Waals surface area (Å²) in [5.74, 6) is 0. The van der Waals surface area contributed by atoms with Crippen molar-refractivity contribution < 1.29 is 8.42 Å². The van der Waals surface area contributed by atoms with E-state index in [1.54, 1.807) is 23.0 Å². The highest BCUT2D eigenvalue weighted by Gasteiger charge is 2.17. The molecule has 2 rings (SSSR count). The molecule has 1 heterocycles. The molecule has 2 aromatic rings.